The fourth-order valence-corrected chi connectivity index (χ4v) is 7.14. The van der Waals surface area contributed by atoms with Crippen LogP contribution in [0.5, 0.6) is 0 Å². The highest BCUT2D eigenvalue weighted by Crippen LogP contribution is 2.40. The summed E-state index contributed by atoms with van der Waals surface area (Å²) in [5, 5.41) is 17.9. The predicted molar refractivity (Wildman–Crippen MR) is 136 cm³/mol. The minimum atomic E-state index is -3.93. The van der Waals surface area contributed by atoms with Crippen LogP contribution in [0.25, 0.3) is 22.0 Å². The van der Waals surface area contributed by atoms with Crippen LogP contribution < -0.4 is 5.56 Å². The minimum absolute atomic E-state index is 0.0187. The molecule has 10 heteroatoms. The lowest BCUT2D eigenvalue weighted by molar-refractivity contribution is -0.143. The largest absolute Gasteiger partial charge is 0.481 e. The van der Waals surface area contributed by atoms with Crippen molar-refractivity contribution >= 4 is 38.3 Å². The quantitative estimate of drug-likeness (QED) is 0.404. The number of hydrogen-bond donors (Lipinski definition) is 1. The first kappa shape index (κ1) is 24.1. The maximum Gasteiger partial charge on any atom is 0.308 e. The van der Waals surface area contributed by atoms with Gasteiger partial charge in [0.2, 0.25) is 0 Å². The fraction of sp³-hybridized carbons (Fsp3) is 0.231. The second-order valence-corrected chi connectivity index (χ2v) is 11.5. The molecule has 3 atom stereocenters. The van der Waals surface area contributed by atoms with Gasteiger partial charge < -0.3 is 5.11 Å². The van der Waals surface area contributed by atoms with Crippen LogP contribution in [0.15, 0.2) is 82.5 Å². The standard InChI is InChI=1S/C26H22ClN3O5S/c27-19-10-5-16(6-11-19)17-7-12-20(13-8-17)36(34,35)23-14-9-18(24(23)26(32)33)15-30-25(31)21-3-1-2-4-22(21)28-29-30/h1-8,10-13,18,23-24H,9,14-15H2,(H,32,33)/t18-,23-,24-/m1/s1. The lowest BCUT2D eigenvalue weighted by Crippen LogP contribution is -2.37. The van der Waals surface area contributed by atoms with Crippen molar-refractivity contribution in [1.82, 2.24) is 15.0 Å². The van der Waals surface area contributed by atoms with Crippen LogP contribution in [-0.2, 0) is 21.2 Å². The number of aliphatic carboxylic acids is 1. The van der Waals surface area contributed by atoms with Crippen molar-refractivity contribution in [3.8, 4) is 11.1 Å². The van der Waals surface area contributed by atoms with Crippen molar-refractivity contribution in [3.05, 3.63) is 88.2 Å². The summed E-state index contributed by atoms with van der Waals surface area (Å²) in [7, 11) is -3.93. The molecule has 0 aliphatic heterocycles. The highest BCUT2D eigenvalue weighted by Gasteiger charge is 2.48. The summed E-state index contributed by atoms with van der Waals surface area (Å²) in [5.41, 5.74) is 1.77. The van der Waals surface area contributed by atoms with E-state index in [-0.39, 0.29) is 23.4 Å². The van der Waals surface area contributed by atoms with Crippen LogP contribution in [0.2, 0.25) is 5.02 Å². The maximum absolute atomic E-state index is 13.5. The number of carbonyl (C=O) groups is 1. The Morgan fingerprint density at radius 1 is 0.972 bits per heavy atom. The zero-order chi connectivity index (χ0) is 25.4. The zero-order valence-corrected chi connectivity index (χ0v) is 20.6. The Labute approximate surface area is 212 Å². The number of rotatable bonds is 6. The van der Waals surface area contributed by atoms with Crippen molar-refractivity contribution in [2.24, 2.45) is 11.8 Å². The van der Waals surface area contributed by atoms with E-state index in [0.29, 0.717) is 22.3 Å². The van der Waals surface area contributed by atoms with E-state index in [1.54, 1.807) is 48.5 Å². The van der Waals surface area contributed by atoms with Crippen LogP contribution in [-0.4, -0.2) is 39.7 Å². The lowest BCUT2D eigenvalue weighted by atomic mass is 9.96. The highest BCUT2D eigenvalue weighted by atomic mass is 35.5. The molecule has 1 fully saturated rings. The van der Waals surface area contributed by atoms with Crippen LogP contribution in [0.3, 0.4) is 0 Å². The van der Waals surface area contributed by atoms with Crippen molar-refractivity contribution in [1.29, 1.82) is 0 Å². The topological polar surface area (TPSA) is 119 Å². The van der Waals surface area contributed by atoms with Crippen LogP contribution in [0.1, 0.15) is 12.8 Å². The molecule has 0 saturated heterocycles. The zero-order valence-electron chi connectivity index (χ0n) is 19.0. The van der Waals surface area contributed by atoms with Gasteiger partial charge in [0.15, 0.2) is 9.84 Å². The molecule has 1 aliphatic rings. The normalized spacial score (nSPS) is 20.0. The first-order valence-corrected chi connectivity index (χ1v) is 13.3. The molecule has 5 rings (SSSR count). The van der Waals surface area contributed by atoms with Gasteiger partial charge in [0.05, 0.1) is 28.0 Å². The third-order valence-corrected chi connectivity index (χ3v) is 9.32. The molecular formula is C26H22ClN3O5S. The monoisotopic (exact) mass is 523 g/mol. The number of hydrogen-bond acceptors (Lipinski definition) is 6. The average molecular weight is 524 g/mol. The van der Waals surface area contributed by atoms with Gasteiger partial charge in [-0.2, -0.15) is 0 Å². The molecule has 8 nitrogen and oxygen atoms in total. The van der Waals surface area contributed by atoms with Gasteiger partial charge >= 0.3 is 5.97 Å². The average Bonchev–Trinajstić information content (AvgIpc) is 3.31. The summed E-state index contributed by atoms with van der Waals surface area (Å²) in [6.07, 6.45) is 0.517. The van der Waals surface area contributed by atoms with Crippen molar-refractivity contribution < 1.29 is 18.3 Å². The summed E-state index contributed by atoms with van der Waals surface area (Å²) in [4.78, 5) is 25.2. The van der Waals surface area contributed by atoms with Crippen LogP contribution >= 0.6 is 11.6 Å². The summed E-state index contributed by atoms with van der Waals surface area (Å²) in [6.45, 7) is -0.0187. The number of benzene rings is 3. The Bertz CT molecular complexity index is 1600. The van der Waals surface area contributed by atoms with Crippen molar-refractivity contribution in [2.75, 3.05) is 0 Å². The van der Waals surface area contributed by atoms with Crippen LogP contribution in [0, 0.1) is 11.8 Å². The molecule has 0 bridgehead atoms. The van der Waals surface area contributed by atoms with E-state index in [4.69, 9.17) is 11.6 Å². The van der Waals surface area contributed by atoms with E-state index in [1.807, 2.05) is 12.1 Å². The van der Waals surface area contributed by atoms with E-state index < -0.39 is 32.9 Å². The summed E-state index contributed by atoms with van der Waals surface area (Å²) in [5.74, 6) is -2.96. The first-order valence-electron chi connectivity index (χ1n) is 11.4. The van der Waals surface area contributed by atoms with Gasteiger partial charge in [-0.1, -0.05) is 53.2 Å². The van der Waals surface area contributed by atoms with E-state index in [1.165, 1.54) is 12.1 Å². The van der Waals surface area contributed by atoms with Gasteiger partial charge in [-0.05, 0) is 66.3 Å². The first-order chi connectivity index (χ1) is 17.3. The minimum Gasteiger partial charge on any atom is -0.481 e. The molecule has 1 saturated carbocycles. The lowest BCUT2D eigenvalue weighted by Gasteiger charge is -2.21. The van der Waals surface area contributed by atoms with Gasteiger partial charge in [-0.15, -0.1) is 5.10 Å². The van der Waals surface area contributed by atoms with E-state index >= 15 is 0 Å². The molecule has 3 aromatic carbocycles. The number of halogens is 1. The summed E-state index contributed by atoms with van der Waals surface area (Å²) >= 11 is 5.94. The molecule has 0 spiro atoms. The molecule has 0 radical (unpaired) electrons. The molecule has 1 heterocycles. The maximum atomic E-state index is 13.5. The van der Waals surface area contributed by atoms with E-state index in [2.05, 4.69) is 10.3 Å². The third-order valence-electron chi connectivity index (χ3n) is 6.81. The van der Waals surface area contributed by atoms with Gasteiger partial charge in [0.25, 0.3) is 5.56 Å². The third kappa shape index (κ3) is 4.40. The van der Waals surface area contributed by atoms with Crippen molar-refractivity contribution in [2.45, 2.75) is 29.5 Å². The van der Waals surface area contributed by atoms with Crippen molar-refractivity contribution in [3.63, 3.8) is 0 Å². The molecule has 4 aromatic rings. The Balaban J connectivity index is 1.41. The molecule has 184 valence electrons. The summed E-state index contributed by atoms with van der Waals surface area (Å²) in [6, 6.07) is 20.4. The second kappa shape index (κ2) is 9.48. The van der Waals surface area contributed by atoms with E-state index in [9.17, 15) is 23.1 Å². The predicted octanol–water partition coefficient (Wildman–Crippen LogP) is 4.07. The fourth-order valence-electron chi connectivity index (χ4n) is 4.97. The van der Waals surface area contributed by atoms with Gasteiger partial charge in [-0.25, -0.2) is 13.1 Å². The smallest absolute Gasteiger partial charge is 0.308 e. The SMILES string of the molecule is O=C(O)[C@@H]1[C@@H](Cn2nnc3ccccc3c2=O)CC[C@H]1S(=O)(=O)c1ccc(-c2ccc(Cl)cc2)cc1. The molecule has 1 aliphatic carbocycles. The Hall–Kier alpha value is -3.56. The summed E-state index contributed by atoms with van der Waals surface area (Å²) < 4.78 is 28.1. The second-order valence-electron chi connectivity index (χ2n) is 8.91. The van der Waals surface area contributed by atoms with Crippen LogP contribution in [0.4, 0.5) is 0 Å². The van der Waals surface area contributed by atoms with Gasteiger partial charge in [0.1, 0.15) is 5.52 Å². The Morgan fingerprint density at radius 2 is 1.61 bits per heavy atom. The highest BCUT2D eigenvalue weighted by molar-refractivity contribution is 7.92. The number of sulfone groups is 1. The van der Waals surface area contributed by atoms with Gasteiger partial charge in [-0.3, -0.25) is 9.59 Å². The van der Waals surface area contributed by atoms with E-state index in [0.717, 1.165) is 15.8 Å². The van der Waals surface area contributed by atoms with Gasteiger partial charge in [0, 0.05) is 5.02 Å². The molecule has 1 N–H and O–H groups in total. The Kier molecular flexibility index (Phi) is 6.36. The number of aromatic nitrogens is 3. The molecule has 0 unspecified atom stereocenters. The molecule has 0 amide bonds. The number of nitrogens with zero attached hydrogens (tertiary/aromatic N) is 3. The molecule has 1 aromatic heterocycles. The number of fused-ring (bicyclic) bond motifs is 1. The Morgan fingerprint density at radius 3 is 2.28 bits per heavy atom. The molecular weight excluding hydrogens is 502 g/mol. The number of carboxylic acids is 1. The molecule has 36 heavy (non-hydrogen) atoms. The number of carboxylic acid groups (broad SMARTS) is 1.